The van der Waals surface area contributed by atoms with Crippen LogP contribution in [0.25, 0.3) is 0 Å². The molecule has 0 aliphatic heterocycles. The van der Waals surface area contributed by atoms with E-state index in [0.717, 1.165) is 18.4 Å². The van der Waals surface area contributed by atoms with Crippen LogP contribution < -0.4 is 14.2 Å². The number of hydrogen-bond acceptors (Lipinski definition) is 4. The standard InChI is InChI=1S/C18H21NO4S/c1-22-16-9-8-14(12-17(16)23-2)18(10-11-18)13-19-24(20,21)15-6-4-3-5-7-15/h3-9,12,19H,10-11,13H2,1-2H3. The summed E-state index contributed by atoms with van der Waals surface area (Å²) in [4.78, 5) is 0.285. The molecule has 0 aromatic heterocycles. The maximum Gasteiger partial charge on any atom is 0.240 e. The molecule has 0 heterocycles. The molecular formula is C18H21NO4S. The number of benzene rings is 2. The normalized spacial score (nSPS) is 15.8. The van der Waals surface area contributed by atoms with Crippen molar-refractivity contribution in [3.63, 3.8) is 0 Å². The molecule has 0 unspecified atom stereocenters. The van der Waals surface area contributed by atoms with E-state index < -0.39 is 10.0 Å². The Morgan fingerprint density at radius 1 is 1.00 bits per heavy atom. The van der Waals surface area contributed by atoms with Crippen LogP contribution >= 0.6 is 0 Å². The molecule has 0 spiro atoms. The average Bonchev–Trinajstić information content (AvgIpc) is 3.41. The van der Waals surface area contributed by atoms with E-state index in [-0.39, 0.29) is 10.3 Å². The first kappa shape index (κ1) is 16.8. The minimum Gasteiger partial charge on any atom is -0.493 e. The number of hydrogen-bond donors (Lipinski definition) is 1. The summed E-state index contributed by atoms with van der Waals surface area (Å²) in [6.07, 6.45) is 1.89. The summed E-state index contributed by atoms with van der Waals surface area (Å²) in [5.41, 5.74) is 0.900. The summed E-state index contributed by atoms with van der Waals surface area (Å²) < 4.78 is 38.2. The van der Waals surface area contributed by atoms with Gasteiger partial charge in [0.1, 0.15) is 0 Å². The van der Waals surface area contributed by atoms with Gasteiger partial charge in [0.15, 0.2) is 11.5 Å². The van der Waals surface area contributed by atoms with Crippen molar-refractivity contribution in [2.75, 3.05) is 20.8 Å². The van der Waals surface area contributed by atoms with E-state index in [0.29, 0.717) is 18.0 Å². The Hall–Kier alpha value is -2.05. The molecule has 2 aromatic rings. The lowest BCUT2D eigenvalue weighted by atomic mass is 9.96. The maximum atomic E-state index is 12.4. The molecule has 128 valence electrons. The van der Waals surface area contributed by atoms with E-state index in [4.69, 9.17) is 9.47 Å². The maximum absolute atomic E-state index is 12.4. The van der Waals surface area contributed by atoms with Crippen molar-refractivity contribution in [1.29, 1.82) is 0 Å². The van der Waals surface area contributed by atoms with Gasteiger partial charge in [0.2, 0.25) is 10.0 Å². The lowest BCUT2D eigenvalue weighted by molar-refractivity contribution is 0.354. The van der Waals surface area contributed by atoms with E-state index in [1.54, 1.807) is 44.6 Å². The molecule has 1 N–H and O–H groups in total. The average molecular weight is 347 g/mol. The highest BCUT2D eigenvalue weighted by Gasteiger charge is 2.45. The third-order valence-electron chi connectivity index (χ3n) is 4.50. The molecule has 1 fully saturated rings. The molecule has 24 heavy (non-hydrogen) atoms. The second-order valence-electron chi connectivity index (χ2n) is 5.99. The van der Waals surface area contributed by atoms with E-state index in [9.17, 15) is 8.42 Å². The van der Waals surface area contributed by atoms with Crippen molar-refractivity contribution >= 4 is 10.0 Å². The van der Waals surface area contributed by atoms with Crippen LogP contribution in [-0.4, -0.2) is 29.2 Å². The Morgan fingerprint density at radius 2 is 1.67 bits per heavy atom. The molecule has 1 aliphatic rings. The van der Waals surface area contributed by atoms with Gasteiger partial charge in [-0.2, -0.15) is 0 Å². The van der Waals surface area contributed by atoms with Gasteiger partial charge in [0, 0.05) is 12.0 Å². The van der Waals surface area contributed by atoms with Crippen LogP contribution in [0.15, 0.2) is 53.4 Å². The Kier molecular flexibility index (Phi) is 4.51. The largest absolute Gasteiger partial charge is 0.493 e. The molecular weight excluding hydrogens is 326 g/mol. The fourth-order valence-corrected chi connectivity index (χ4v) is 3.95. The number of ether oxygens (including phenoxy) is 2. The summed E-state index contributed by atoms with van der Waals surface area (Å²) in [7, 11) is -0.304. The third kappa shape index (κ3) is 3.25. The molecule has 0 amide bonds. The van der Waals surface area contributed by atoms with Gasteiger partial charge in [0.25, 0.3) is 0 Å². The van der Waals surface area contributed by atoms with Crippen LogP contribution in [0, 0.1) is 0 Å². The van der Waals surface area contributed by atoms with E-state index in [1.165, 1.54) is 0 Å². The highest BCUT2D eigenvalue weighted by molar-refractivity contribution is 7.89. The topological polar surface area (TPSA) is 64.6 Å². The monoisotopic (exact) mass is 347 g/mol. The number of methoxy groups -OCH3 is 2. The summed E-state index contributed by atoms with van der Waals surface area (Å²) in [6.45, 7) is 0.375. The van der Waals surface area contributed by atoms with Crippen LogP contribution in [0.1, 0.15) is 18.4 Å². The second kappa shape index (κ2) is 6.45. The van der Waals surface area contributed by atoms with Crippen molar-refractivity contribution in [3.8, 4) is 11.5 Å². The second-order valence-corrected chi connectivity index (χ2v) is 7.75. The van der Waals surface area contributed by atoms with Crippen LogP contribution in [0.4, 0.5) is 0 Å². The Balaban J connectivity index is 1.78. The Labute approximate surface area is 142 Å². The zero-order valence-electron chi connectivity index (χ0n) is 13.8. The molecule has 1 aliphatic carbocycles. The van der Waals surface area contributed by atoms with Crippen molar-refractivity contribution in [1.82, 2.24) is 4.72 Å². The highest BCUT2D eigenvalue weighted by atomic mass is 32.2. The Bertz CT molecular complexity index is 814. The molecule has 3 rings (SSSR count). The molecule has 0 atom stereocenters. The number of rotatable bonds is 7. The van der Waals surface area contributed by atoms with Crippen LogP contribution in [0.5, 0.6) is 11.5 Å². The van der Waals surface area contributed by atoms with Crippen molar-refractivity contribution < 1.29 is 17.9 Å². The first-order valence-electron chi connectivity index (χ1n) is 7.78. The van der Waals surface area contributed by atoms with Crippen molar-refractivity contribution in [2.45, 2.75) is 23.2 Å². The van der Waals surface area contributed by atoms with Gasteiger partial charge in [-0.3, -0.25) is 0 Å². The summed E-state index contributed by atoms with van der Waals surface area (Å²) >= 11 is 0. The minimum absolute atomic E-state index is 0.165. The minimum atomic E-state index is -3.50. The van der Waals surface area contributed by atoms with Gasteiger partial charge in [-0.05, 0) is 42.7 Å². The molecule has 0 saturated heterocycles. The number of sulfonamides is 1. The fraction of sp³-hybridized carbons (Fsp3) is 0.333. The van der Waals surface area contributed by atoms with E-state index >= 15 is 0 Å². The predicted octanol–water partition coefficient (Wildman–Crippen LogP) is 2.71. The van der Waals surface area contributed by atoms with Gasteiger partial charge in [-0.1, -0.05) is 24.3 Å². The van der Waals surface area contributed by atoms with Crippen molar-refractivity contribution in [2.24, 2.45) is 0 Å². The zero-order chi connectivity index (χ0) is 17.2. The molecule has 6 heteroatoms. The molecule has 0 radical (unpaired) electrons. The van der Waals surface area contributed by atoms with Crippen molar-refractivity contribution in [3.05, 3.63) is 54.1 Å². The molecule has 2 aromatic carbocycles. The van der Waals surface area contributed by atoms with Crippen LogP contribution in [0.3, 0.4) is 0 Å². The van der Waals surface area contributed by atoms with Gasteiger partial charge in [-0.15, -0.1) is 0 Å². The Morgan fingerprint density at radius 3 is 2.25 bits per heavy atom. The van der Waals surface area contributed by atoms with Gasteiger partial charge >= 0.3 is 0 Å². The number of nitrogens with one attached hydrogen (secondary N) is 1. The summed E-state index contributed by atoms with van der Waals surface area (Å²) in [5.74, 6) is 1.33. The lowest BCUT2D eigenvalue weighted by Gasteiger charge is -2.18. The first-order valence-corrected chi connectivity index (χ1v) is 9.26. The SMILES string of the molecule is COc1ccc(C2(CNS(=O)(=O)c3ccccc3)CC2)cc1OC. The smallest absolute Gasteiger partial charge is 0.240 e. The van der Waals surface area contributed by atoms with E-state index in [2.05, 4.69) is 4.72 Å². The zero-order valence-corrected chi connectivity index (χ0v) is 14.6. The summed E-state index contributed by atoms with van der Waals surface area (Å²) in [6, 6.07) is 14.2. The fourth-order valence-electron chi connectivity index (χ4n) is 2.80. The first-order chi connectivity index (χ1) is 11.5. The predicted molar refractivity (Wildman–Crippen MR) is 92.1 cm³/mol. The lowest BCUT2D eigenvalue weighted by Crippen LogP contribution is -2.32. The highest BCUT2D eigenvalue weighted by Crippen LogP contribution is 2.49. The molecule has 1 saturated carbocycles. The molecule has 0 bridgehead atoms. The van der Waals surface area contributed by atoms with Gasteiger partial charge in [0.05, 0.1) is 19.1 Å². The van der Waals surface area contributed by atoms with Gasteiger partial charge in [-0.25, -0.2) is 13.1 Å². The van der Waals surface area contributed by atoms with Gasteiger partial charge < -0.3 is 9.47 Å². The van der Waals surface area contributed by atoms with E-state index in [1.807, 2.05) is 18.2 Å². The molecule has 5 nitrogen and oxygen atoms in total. The van der Waals surface area contributed by atoms with Crippen LogP contribution in [0.2, 0.25) is 0 Å². The third-order valence-corrected chi connectivity index (χ3v) is 5.92. The quantitative estimate of drug-likeness (QED) is 0.836. The summed E-state index contributed by atoms with van der Waals surface area (Å²) in [5, 5.41) is 0. The van der Waals surface area contributed by atoms with Crippen LogP contribution in [-0.2, 0) is 15.4 Å².